The van der Waals surface area contributed by atoms with Crippen molar-refractivity contribution in [1.82, 2.24) is 0 Å². The maximum Gasteiger partial charge on any atom is 0.235 e. The van der Waals surface area contributed by atoms with E-state index >= 15 is 0 Å². The van der Waals surface area contributed by atoms with Crippen molar-refractivity contribution in [1.29, 1.82) is 0 Å². The largest absolute Gasteiger partial charge is 0.313 e. The molecule has 0 radical (unpaired) electrons. The molecule has 0 aromatic heterocycles. The van der Waals surface area contributed by atoms with E-state index in [9.17, 15) is 13.2 Å². The molecule has 1 aliphatic heterocycles. The molecule has 27 heavy (non-hydrogen) atoms. The summed E-state index contributed by atoms with van der Waals surface area (Å²) >= 11 is 0. The molecule has 0 fully saturated rings. The van der Waals surface area contributed by atoms with E-state index in [1.165, 1.54) is 4.31 Å². The van der Waals surface area contributed by atoms with Gasteiger partial charge in [0.15, 0.2) is 0 Å². The van der Waals surface area contributed by atoms with E-state index < -0.39 is 10.0 Å². The Morgan fingerprint density at radius 1 is 1.15 bits per heavy atom. The smallest absolute Gasteiger partial charge is 0.235 e. The Balaban J connectivity index is 1.73. The molecule has 0 saturated carbocycles. The van der Waals surface area contributed by atoms with E-state index in [4.69, 9.17) is 0 Å². The van der Waals surface area contributed by atoms with Crippen LogP contribution in [0, 0.1) is 6.92 Å². The summed E-state index contributed by atoms with van der Waals surface area (Å²) in [5.41, 5.74) is 3.68. The summed E-state index contributed by atoms with van der Waals surface area (Å²) in [6.07, 6.45) is 1.66. The molecule has 0 aliphatic carbocycles. The number of rotatable bonds is 6. The van der Waals surface area contributed by atoms with E-state index in [1.54, 1.807) is 4.90 Å². The number of hydrogen-bond acceptors (Lipinski definition) is 3. The number of carbonyl (C=O) groups excluding carboxylic acids is 1. The Kier molecular flexibility index (Phi) is 5.85. The van der Waals surface area contributed by atoms with Gasteiger partial charge in [-0.3, -0.25) is 9.10 Å². The highest BCUT2D eigenvalue weighted by molar-refractivity contribution is 7.92. The van der Waals surface area contributed by atoms with Crippen LogP contribution in [0.25, 0.3) is 0 Å². The maximum absolute atomic E-state index is 12.9. The first-order valence-electron chi connectivity index (χ1n) is 9.37. The van der Waals surface area contributed by atoms with Crippen LogP contribution in [-0.4, -0.2) is 33.2 Å². The van der Waals surface area contributed by atoms with Crippen LogP contribution in [0.3, 0.4) is 0 Å². The Labute approximate surface area is 161 Å². The number of nitrogens with zero attached hydrogens (tertiary/aromatic N) is 2. The average molecular weight is 387 g/mol. The first-order valence-corrected chi connectivity index (χ1v) is 11.0. The van der Waals surface area contributed by atoms with Crippen LogP contribution in [0.4, 0.5) is 11.4 Å². The lowest BCUT2D eigenvalue weighted by Gasteiger charge is -2.30. The van der Waals surface area contributed by atoms with Crippen molar-refractivity contribution in [3.05, 3.63) is 59.7 Å². The Bertz CT molecular complexity index is 925. The minimum absolute atomic E-state index is 0.0250. The lowest BCUT2D eigenvalue weighted by molar-refractivity contribution is -0.118. The summed E-state index contributed by atoms with van der Waals surface area (Å²) in [5, 5.41) is 0. The summed E-state index contributed by atoms with van der Waals surface area (Å²) in [5.74, 6) is -0.348. The van der Waals surface area contributed by atoms with Crippen LogP contribution in [0.2, 0.25) is 0 Å². The van der Waals surface area contributed by atoms with Gasteiger partial charge < -0.3 is 4.90 Å². The van der Waals surface area contributed by atoms with E-state index in [0.29, 0.717) is 13.1 Å². The zero-order chi connectivity index (χ0) is 19.4. The number of aryl methyl sites for hydroxylation is 2. The second-order valence-electron chi connectivity index (χ2n) is 6.85. The van der Waals surface area contributed by atoms with Gasteiger partial charge in [-0.2, -0.15) is 0 Å². The van der Waals surface area contributed by atoms with Gasteiger partial charge in [0.1, 0.15) is 0 Å². The molecular formula is C21H26N2O3S. The number of hydrogen-bond donors (Lipinski definition) is 0. The number of carbonyl (C=O) groups is 1. The number of para-hydroxylation sites is 1. The lowest BCUT2D eigenvalue weighted by atomic mass is 10.0. The Morgan fingerprint density at radius 2 is 1.93 bits per heavy atom. The molecule has 2 aromatic carbocycles. The van der Waals surface area contributed by atoms with Gasteiger partial charge >= 0.3 is 0 Å². The van der Waals surface area contributed by atoms with Crippen LogP contribution in [0.15, 0.2) is 48.5 Å². The summed E-state index contributed by atoms with van der Waals surface area (Å²) in [6, 6.07) is 15.3. The van der Waals surface area contributed by atoms with Gasteiger partial charge in [0.05, 0.1) is 11.4 Å². The fraction of sp³-hybridized carbons (Fsp3) is 0.381. The monoisotopic (exact) mass is 386 g/mol. The Hall–Kier alpha value is -2.34. The first kappa shape index (κ1) is 19.4. The zero-order valence-electron chi connectivity index (χ0n) is 15.9. The summed E-state index contributed by atoms with van der Waals surface area (Å²) in [4.78, 5) is 14.3. The molecule has 2 aromatic rings. The third-order valence-electron chi connectivity index (χ3n) is 4.91. The number of sulfonamides is 1. The molecule has 144 valence electrons. The van der Waals surface area contributed by atoms with E-state index in [-0.39, 0.29) is 18.1 Å². The molecular weight excluding hydrogens is 360 g/mol. The van der Waals surface area contributed by atoms with Gasteiger partial charge in [-0.25, -0.2) is 8.42 Å². The number of fused-ring (bicyclic) bond motifs is 1. The van der Waals surface area contributed by atoms with E-state index in [1.807, 2.05) is 62.4 Å². The van der Waals surface area contributed by atoms with Crippen LogP contribution >= 0.6 is 0 Å². The van der Waals surface area contributed by atoms with Crippen LogP contribution < -0.4 is 9.21 Å². The fourth-order valence-electron chi connectivity index (χ4n) is 3.55. The highest BCUT2D eigenvalue weighted by Gasteiger charge is 2.28. The molecule has 1 aliphatic rings. The van der Waals surface area contributed by atoms with Crippen molar-refractivity contribution in [2.24, 2.45) is 0 Å². The average Bonchev–Trinajstić information content (AvgIpc) is 2.66. The quantitative estimate of drug-likeness (QED) is 0.763. The van der Waals surface area contributed by atoms with Gasteiger partial charge in [0.25, 0.3) is 0 Å². The van der Waals surface area contributed by atoms with Crippen LogP contribution in [0.1, 0.15) is 30.9 Å². The van der Waals surface area contributed by atoms with Crippen LogP contribution in [0.5, 0.6) is 0 Å². The summed E-state index contributed by atoms with van der Waals surface area (Å²) < 4.78 is 27.3. The van der Waals surface area contributed by atoms with Crippen molar-refractivity contribution in [2.45, 2.75) is 33.1 Å². The lowest BCUT2D eigenvalue weighted by Crippen LogP contribution is -2.39. The third kappa shape index (κ3) is 4.33. The predicted octanol–water partition coefficient (Wildman–Crippen LogP) is 3.52. The van der Waals surface area contributed by atoms with Gasteiger partial charge in [-0.05, 0) is 56.0 Å². The normalized spacial score (nSPS) is 13.9. The number of anilines is 2. The van der Waals surface area contributed by atoms with Gasteiger partial charge in [-0.1, -0.05) is 30.3 Å². The number of amides is 1. The molecule has 0 unspecified atom stereocenters. The second kappa shape index (κ2) is 8.13. The molecule has 6 heteroatoms. The van der Waals surface area contributed by atoms with Crippen molar-refractivity contribution >= 4 is 27.3 Å². The molecule has 3 rings (SSSR count). The molecule has 1 heterocycles. The molecule has 0 saturated heterocycles. The molecule has 0 N–H and O–H groups in total. The summed E-state index contributed by atoms with van der Waals surface area (Å²) in [7, 11) is -3.54. The minimum atomic E-state index is -3.54. The molecule has 1 amide bonds. The standard InChI is InChI=1S/C21H26N2O3S/c1-3-22(19-11-6-8-17(2)16-19)21(24)13-15-27(25,26)23-14-7-10-18-9-4-5-12-20(18)23/h4-6,8-9,11-12,16H,3,7,10,13-15H2,1-2H3. The summed E-state index contributed by atoms with van der Waals surface area (Å²) in [6.45, 7) is 4.85. The van der Waals surface area contributed by atoms with Gasteiger partial charge in [0, 0.05) is 25.2 Å². The van der Waals surface area contributed by atoms with E-state index in [2.05, 4.69) is 0 Å². The molecule has 5 nitrogen and oxygen atoms in total. The molecule has 0 atom stereocenters. The van der Waals surface area contributed by atoms with E-state index in [0.717, 1.165) is 35.3 Å². The first-order chi connectivity index (χ1) is 12.9. The van der Waals surface area contributed by atoms with Crippen molar-refractivity contribution in [3.63, 3.8) is 0 Å². The van der Waals surface area contributed by atoms with Gasteiger partial charge in [-0.15, -0.1) is 0 Å². The fourth-order valence-corrected chi connectivity index (χ4v) is 5.09. The molecule has 0 spiro atoms. The van der Waals surface area contributed by atoms with Crippen LogP contribution in [-0.2, 0) is 21.2 Å². The number of benzene rings is 2. The van der Waals surface area contributed by atoms with Crippen molar-refractivity contribution in [2.75, 3.05) is 28.0 Å². The highest BCUT2D eigenvalue weighted by Crippen LogP contribution is 2.29. The second-order valence-corrected chi connectivity index (χ2v) is 8.86. The minimum Gasteiger partial charge on any atom is -0.313 e. The SMILES string of the molecule is CCN(C(=O)CCS(=O)(=O)N1CCCc2ccccc21)c1cccc(C)c1. The topological polar surface area (TPSA) is 57.7 Å². The van der Waals surface area contributed by atoms with Gasteiger partial charge in [0.2, 0.25) is 15.9 Å². The zero-order valence-corrected chi connectivity index (χ0v) is 16.7. The predicted molar refractivity (Wildman–Crippen MR) is 110 cm³/mol. The third-order valence-corrected chi connectivity index (χ3v) is 6.68. The maximum atomic E-state index is 12.9. The Morgan fingerprint density at radius 3 is 2.67 bits per heavy atom. The van der Waals surface area contributed by atoms with Crippen molar-refractivity contribution in [3.8, 4) is 0 Å². The molecule has 0 bridgehead atoms. The van der Waals surface area contributed by atoms with Crippen molar-refractivity contribution < 1.29 is 13.2 Å². The highest BCUT2D eigenvalue weighted by atomic mass is 32.2.